The Balaban J connectivity index is 2.41. The van der Waals surface area contributed by atoms with Crippen LogP contribution in [0.3, 0.4) is 0 Å². The molecule has 0 saturated carbocycles. The minimum absolute atomic E-state index is 0.300. The molecule has 0 unspecified atom stereocenters. The molecule has 0 aliphatic heterocycles. The van der Waals surface area contributed by atoms with Crippen LogP contribution in [-0.2, 0) is 4.74 Å². The van der Waals surface area contributed by atoms with Gasteiger partial charge in [-0.1, -0.05) is 0 Å². The van der Waals surface area contributed by atoms with E-state index in [-0.39, 0.29) is 6.09 Å². The van der Waals surface area contributed by atoms with Crippen molar-refractivity contribution in [2.75, 3.05) is 19.7 Å². The first-order valence-electron chi connectivity index (χ1n) is 6.68. The van der Waals surface area contributed by atoms with Gasteiger partial charge < -0.3 is 14.4 Å². The van der Waals surface area contributed by atoms with Crippen molar-refractivity contribution >= 4 is 28.7 Å². The molecule has 0 fully saturated rings. The molecule has 0 spiro atoms. The van der Waals surface area contributed by atoms with Crippen LogP contribution in [0.5, 0.6) is 5.75 Å². The van der Waals surface area contributed by atoms with Crippen LogP contribution in [-0.4, -0.2) is 36.3 Å². The Labute approximate surface area is 134 Å². The van der Waals surface area contributed by atoms with Gasteiger partial charge in [0, 0.05) is 10.1 Å². The number of rotatable bonds is 5. The predicted octanol–water partition coefficient (Wildman–Crippen LogP) is 3.93. The Morgan fingerprint density at radius 1 is 1.25 bits per heavy atom. The lowest BCUT2D eigenvalue weighted by atomic mass is 10.2. The van der Waals surface area contributed by atoms with Crippen LogP contribution in [0.2, 0.25) is 0 Å². The standard InChI is InChI=1S/C15H22INO3/c1-5-17(14(18)20-15(2,3)4)10-11-19-13-8-6-12(16)7-9-13/h6-9H,5,10-11H2,1-4H3. The number of likely N-dealkylation sites (N-methyl/N-ethyl adjacent to an activating group) is 1. The molecule has 1 aromatic carbocycles. The first-order chi connectivity index (χ1) is 9.31. The summed E-state index contributed by atoms with van der Waals surface area (Å²) in [6, 6.07) is 7.82. The van der Waals surface area contributed by atoms with Crippen molar-refractivity contribution in [1.29, 1.82) is 0 Å². The van der Waals surface area contributed by atoms with Gasteiger partial charge in [-0.15, -0.1) is 0 Å². The molecule has 0 saturated heterocycles. The molecule has 5 heteroatoms. The summed E-state index contributed by atoms with van der Waals surface area (Å²) in [5.41, 5.74) is -0.471. The van der Waals surface area contributed by atoms with E-state index in [9.17, 15) is 4.79 Å². The number of hydrogen-bond acceptors (Lipinski definition) is 3. The quantitative estimate of drug-likeness (QED) is 0.715. The second-order valence-electron chi connectivity index (χ2n) is 5.36. The van der Waals surface area contributed by atoms with Gasteiger partial charge in [0.2, 0.25) is 0 Å². The highest BCUT2D eigenvalue weighted by Gasteiger charge is 2.20. The fourth-order valence-corrected chi connectivity index (χ4v) is 1.87. The monoisotopic (exact) mass is 391 g/mol. The Kier molecular flexibility index (Phi) is 6.58. The zero-order valence-corrected chi connectivity index (χ0v) is 14.6. The zero-order valence-electron chi connectivity index (χ0n) is 12.5. The second kappa shape index (κ2) is 7.71. The Bertz CT molecular complexity index is 426. The maximum atomic E-state index is 11.9. The van der Waals surface area contributed by atoms with E-state index in [1.54, 1.807) is 4.90 Å². The predicted molar refractivity (Wildman–Crippen MR) is 88.1 cm³/mol. The van der Waals surface area contributed by atoms with Crippen molar-refractivity contribution < 1.29 is 14.3 Å². The lowest BCUT2D eigenvalue weighted by Crippen LogP contribution is -2.38. The number of carbonyl (C=O) groups is 1. The molecule has 112 valence electrons. The van der Waals surface area contributed by atoms with E-state index in [0.717, 1.165) is 5.75 Å². The molecule has 0 heterocycles. The van der Waals surface area contributed by atoms with E-state index in [2.05, 4.69) is 22.6 Å². The van der Waals surface area contributed by atoms with Crippen LogP contribution in [0.15, 0.2) is 24.3 Å². The zero-order chi connectivity index (χ0) is 15.2. The SMILES string of the molecule is CCN(CCOc1ccc(I)cc1)C(=O)OC(C)(C)C. The number of halogens is 1. The topological polar surface area (TPSA) is 38.8 Å². The van der Waals surface area contributed by atoms with Crippen molar-refractivity contribution in [3.63, 3.8) is 0 Å². The third-order valence-electron chi connectivity index (χ3n) is 2.48. The summed E-state index contributed by atoms with van der Waals surface area (Å²) in [5.74, 6) is 0.811. The third kappa shape index (κ3) is 6.45. The highest BCUT2D eigenvalue weighted by atomic mass is 127. The van der Waals surface area contributed by atoms with Gasteiger partial charge in [0.1, 0.15) is 18.0 Å². The molecule has 4 nitrogen and oxygen atoms in total. The van der Waals surface area contributed by atoms with Crippen LogP contribution >= 0.6 is 22.6 Å². The molecule has 0 atom stereocenters. The summed E-state index contributed by atoms with van der Waals surface area (Å²) in [5, 5.41) is 0. The Morgan fingerprint density at radius 2 is 1.85 bits per heavy atom. The highest BCUT2D eigenvalue weighted by molar-refractivity contribution is 14.1. The average Bonchev–Trinajstić information content (AvgIpc) is 2.34. The molecular formula is C15H22INO3. The van der Waals surface area contributed by atoms with Crippen molar-refractivity contribution in [2.24, 2.45) is 0 Å². The maximum Gasteiger partial charge on any atom is 0.410 e. The summed E-state index contributed by atoms with van der Waals surface area (Å²) < 4.78 is 12.1. The average molecular weight is 391 g/mol. The molecule has 0 radical (unpaired) electrons. The van der Waals surface area contributed by atoms with Crippen LogP contribution in [0, 0.1) is 3.57 Å². The molecule has 1 rings (SSSR count). The van der Waals surface area contributed by atoms with Gasteiger partial charge in [-0.25, -0.2) is 4.79 Å². The third-order valence-corrected chi connectivity index (χ3v) is 3.20. The summed E-state index contributed by atoms with van der Waals surface area (Å²) in [7, 11) is 0. The number of amides is 1. The number of carbonyl (C=O) groups excluding carboxylic acids is 1. The lowest BCUT2D eigenvalue weighted by Gasteiger charge is -2.26. The fraction of sp³-hybridized carbons (Fsp3) is 0.533. The summed E-state index contributed by atoms with van der Waals surface area (Å²) in [4.78, 5) is 13.6. The van der Waals surface area contributed by atoms with E-state index in [0.29, 0.717) is 19.7 Å². The fourth-order valence-electron chi connectivity index (χ4n) is 1.51. The van der Waals surface area contributed by atoms with Crippen LogP contribution in [0.25, 0.3) is 0 Å². The molecule has 0 aliphatic carbocycles. The number of ether oxygens (including phenoxy) is 2. The minimum Gasteiger partial charge on any atom is -0.492 e. The van der Waals surface area contributed by atoms with Crippen LogP contribution in [0.4, 0.5) is 4.79 Å². The maximum absolute atomic E-state index is 11.9. The van der Waals surface area contributed by atoms with Gasteiger partial charge in [-0.05, 0) is 74.6 Å². The van der Waals surface area contributed by atoms with Gasteiger partial charge in [-0.3, -0.25) is 0 Å². The van der Waals surface area contributed by atoms with Crippen LogP contribution < -0.4 is 4.74 Å². The first-order valence-corrected chi connectivity index (χ1v) is 7.76. The molecular weight excluding hydrogens is 369 g/mol. The highest BCUT2D eigenvalue weighted by Crippen LogP contribution is 2.14. The van der Waals surface area contributed by atoms with Crippen molar-refractivity contribution in [1.82, 2.24) is 4.90 Å². The Hall–Kier alpha value is -0.980. The van der Waals surface area contributed by atoms with Gasteiger partial charge in [0.05, 0.1) is 6.54 Å². The largest absolute Gasteiger partial charge is 0.492 e. The molecule has 20 heavy (non-hydrogen) atoms. The first kappa shape index (κ1) is 17.1. The van der Waals surface area contributed by atoms with Gasteiger partial charge in [0.15, 0.2) is 0 Å². The lowest BCUT2D eigenvalue weighted by molar-refractivity contribution is 0.0237. The van der Waals surface area contributed by atoms with Gasteiger partial charge in [0.25, 0.3) is 0 Å². The molecule has 1 amide bonds. The van der Waals surface area contributed by atoms with Crippen LogP contribution in [0.1, 0.15) is 27.7 Å². The van der Waals surface area contributed by atoms with Gasteiger partial charge >= 0.3 is 6.09 Å². The smallest absolute Gasteiger partial charge is 0.410 e. The van der Waals surface area contributed by atoms with Crippen molar-refractivity contribution in [3.05, 3.63) is 27.8 Å². The number of benzene rings is 1. The van der Waals surface area contributed by atoms with E-state index in [4.69, 9.17) is 9.47 Å². The molecule has 1 aromatic rings. The minimum atomic E-state index is -0.471. The van der Waals surface area contributed by atoms with Crippen molar-refractivity contribution in [2.45, 2.75) is 33.3 Å². The molecule has 0 N–H and O–H groups in total. The molecule has 0 bridgehead atoms. The second-order valence-corrected chi connectivity index (χ2v) is 6.61. The normalized spacial score (nSPS) is 11.1. The molecule has 0 aliphatic rings. The number of hydrogen-bond donors (Lipinski definition) is 0. The van der Waals surface area contributed by atoms with Gasteiger partial charge in [-0.2, -0.15) is 0 Å². The van der Waals surface area contributed by atoms with Crippen molar-refractivity contribution in [3.8, 4) is 5.75 Å². The summed E-state index contributed by atoms with van der Waals surface area (Å²) >= 11 is 2.25. The molecule has 0 aromatic heterocycles. The number of nitrogens with zero attached hydrogens (tertiary/aromatic N) is 1. The van der Waals surface area contributed by atoms with E-state index >= 15 is 0 Å². The Morgan fingerprint density at radius 3 is 2.35 bits per heavy atom. The van der Waals surface area contributed by atoms with E-state index < -0.39 is 5.60 Å². The van der Waals surface area contributed by atoms with E-state index in [1.165, 1.54) is 3.57 Å². The summed E-state index contributed by atoms with van der Waals surface area (Å²) in [6.07, 6.45) is -0.300. The summed E-state index contributed by atoms with van der Waals surface area (Å²) in [6.45, 7) is 9.08. The van der Waals surface area contributed by atoms with E-state index in [1.807, 2.05) is 52.0 Å².